The first-order valence-corrected chi connectivity index (χ1v) is 12.3. The molecule has 0 spiro atoms. The Morgan fingerprint density at radius 1 is 0.912 bits per heavy atom. The van der Waals surface area contributed by atoms with E-state index < -0.39 is 0 Å². The predicted molar refractivity (Wildman–Crippen MR) is 132 cm³/mol. The van der Waals surface area contributed by atoms with Crippen LogP contribution in [0.4, 0.5) is 0 Å². The molecular weight excluding hydrogens is 422 g/mol. The van der Waals surface area contributed by atoms with Crippen LogP contribution in [0.3, 0.4) is 0 Å². The Morgan fingerprint density at radius 2 is 1.65 bits per heavy atom. The SMILES string of the molecule is CC1(C)CCC(=O)C2=C1OC1=C(C(=O)CCC1)C2c1cc2ccccc2n1Cc1ccccc1. The van der Waals surface area contributed by atoms with Crippen LogP contribution in [0.5, 0.6) is 0 Å². The first kappa shape index (κ1) is 21.2. The number of Topliss-reactive ketones (excluding diaryl/α,β-unsaturated/α-hetero) is 2. The summed E-state index contributed by atoms with van der Waals surface area (Å²) in [5.74, 6) is 1.40. The van der Waals surface area contributed by atoms with Gasteiger partial charge in [-0.15, -0.1) is 0 Å². The van der Waals surface area contributed by atoms with Crippen LogP contribution in [0, 0.1) is 5.41 Å². The molecule has 4 heteroatoms. The molecule has 0 fully saturated rings. The Kier molecular flexibility index (Phi) is 4.87. The van der Waals surface area contributed by atoms with Crippen molar-refractivity contribution < 1.29 is 14.3 Å². The minimum atomic E-state index is -0.380. The van der Waals surface area contributed by atoms with Gasteiger partial charge in [-0.05, 0) is 35.9 Å². The maximum atomic E-state index is 13.5. The third kappa shape index (κ3) is 3.27. The standard InChI is InChI=1S/C30H29NO3/c1-30(2)16-15-24(33)28-26(27-23(32)13-8-14-25(27)34-29(28)30)22-17-20-11-6-7-12-21(20)31(22)18-19-9-4-3-5-10-19/h3-7,9-12,17,26H,8,13-16,18H2,1-2H3. The summed E-state index contributed by atoms with van der Waals surface area (Å²) >= 11 is 0. The van der Waals surface area contributed by atoms with Crippen molar-refractivity contribution in [3.8, 4) is 0 Å². The maximum absolute atomic E-state index is 13.5. The van der Waals surface area contributed by atoms with Crippen molar-refractivity contribution in [3.05, 3.63) is 94.6 Å². The van der Waals surface area contributed by atoms with Gasteiger partial charge >= 0.3 is 0 Å². The molecule has 1 unspecified atom stereocenters. The third-order valence-corrected chi connectivity index (χ3v) is 7.67. The second-order valence-corrected chi connectivity index (χ2v) is 10.4. The van der Waals surface area contributed by atoms with Crippen LogP contribution < -0.4 is 0 Å². The molecule has 0 saturated heterocycles. The lowest BCUT2D eigenvalue weighted by atomic mass is 9.68. The maximum Gasteiger partial charge on any atom is 0.163 e. The minimum absolute atomic E-state index is 0.112. The van der Waals surface area contributed by atoms with Crippen LogP contribution in [0.15, 0.2) is 83.3 Å². The number of carbonyl (C=O) groups excluding carboxylic acids is 2. The lowest BCUT2D eigenvalue weighted by Gasteiger charge is -2.42. The Labute approximate surface area is 199 Å². The summed E-state index contributed by atoms with van der Waals surface area (Å²) in [5, 5.41) is 1.12. The van der Waals surface area contributed by atoms with E-state index in [1.54, 1.807) is 0 Å². The molecule has 3 aliphatic rings. The summed E-state index contributed by atoms with van der Waals surface area (Å²) in [5.41, 5.74) is 4.47. The largest absolute Gasteiger partial charge is 0.465 e. The van der Waals surface area contributed by atoms with Gasteiger partial charge in [0.1, 0.15) is 11.5 Å². The molecule has 2 aromatic carbocycles. The number of para-hydroxylation sites is 1. The van der Waals surface area contributed by atoms with E-state index in [9.17, 15) is 9.59 Å². The van der Waals surface area contributed by atoms with E-state index in [1.165, 1.54) is 5.56 Å². The molecule has 0 bridgehead atoms. The summed E-state index contributed by atoms with van der Waals surface area (Å²) < 4.78 is 8.74. The van der Waals surface area contributed by atoms with Gasteiger partial charge in [0.25, 0.3) is 0 Å². The third-order valence-electron chi connectivity index (χ3n) is 7.67. The highest BCUT2D eigenvalue weighted by Crippen LogP contribution is 2.53. The Hall–Kier alpha value is -3.40. The van der Waals surface area contributed by atoms with Gasteiger partial charge in [0.05, 0.1) is 5.92 Å². The van der Waals surface area contributed by atoms with Crippen molar-refractivity contribution in [2.24, 2.45) is 5.41 Å². The van der Waals surface area contributed by atoms with Crippen molar-refractivity contribution in [2.45, 2.75) is 58.4 Å². The zero-order valence-electron chi connectivity index (χ0n) is 19.8. The molecule has 2 heterocycles. The highest BCUT2D eigenvalue weighted by atomic mass is 16.5. The zero-order valence-corrected chi connectivity index (χ0v) is 19.8. The van der Waals surface area contributed by atoms with E-state index in [4.69, 9.17) is 4.74 Å². The fourth-order valence-electron chi connectivity index (χ4n) is 5.89. The second kappa shape index (κ2) is 7.83. The molecule has 0 N–H and O–H groups in total. The number of ketones is 2. The Bertz CT molecular complexity index is 1390. The van der Waals surface area contributed by atoms with Gasteiger partial charge in [-0.2, -0.15) is 0 Å². The number of benzene rings is 2. The monoisotopic (exact) mass is 451 g/mol. The molecule has 1 atom stereocenters. The van der Waals surface area contributed by atoms with Crippen LogP contribution in [0.1, 0.15) is 63.1 Å². The molecule has 6 rings (SSSR count). The summed E-state index contributed by atoms with van der Waals surface area (Å²) in [4.78, 5) is 26.8. The number of rotatable bonds is 3. The van der Waals surface area contributed by atoms with Crippen molar-refractivity contribution in [3.63, 3.8) is 0 Å². The van der Waals surface area contributed by atoms with Gasteiger partial charge < -0.3 is 9.30 Å². The fraction of sp³-hybridized carbons (Fsp3) is 0.333. The smallest absolute Gasteiger partial charge is 0.163 e. The topological polar surface area (TPSA) is 48.3 Å². The molecule has 1 aromatic heterocycles. The molecule has 3 aromatic rings. The number of hydrogen-bond acceptors (Lipinski definition) is 3. The number of fused-ring (bicyclic) bond motifs is 1. The van der Waals surface area contributed by atoms with Crippen LogP contribution in [0.2, 0.25) is 0 Å². The van der Waals surface area contributed by atoms with Crippen LogP contribution in [-0.2, 0) is 20.9 Å². The van der Waals surface area contributed by atoms with E-state index in [0.717, 1.165) is 47.4 Å². The van der Waals surface area contributed by atoms with Gasteiger partial charge in [-0.3, -0.25) is 9.59 Å². The Morgan fingerprint density at radius 3 is 2.47 bits per heavy atom. The number of nitrogens with zero attached hydrogens (tertiary/aromatic N) is 1. The normalized spacial score (nSPS) is 22.0. The molecule has 0 radical (unpaired) electrons. The van der Waals surface area contributed by atoms with Gasteiger partial charge in [-0.1, -0.05) is 62.4 Å². The average molecular weight is 452 g/mol. The molecule has 1 aliphatic heterocycles. The van der Waals surface area contributed by atoms with Crippen molar-refractivity contribution in [1.29, 1.82) is 0 Å². The molecule has 34 heavy (non-hydrogen) atoms. The quantitative estimate of drug-likeness (QED) is 0.459. The Balaban J connectivity index is 1.63. The first-order chi connectivity index (χ1) is 16.4. The van der Waals surface area contributed by atoms with Crippen molar-refractivity contribution in [2.75, 3.05) is 0 Å². The van der Waals surface area contributed by atoms with E-state index in [2.05, 4.69) is 48.7 Å². The van der Waals surface area contributed by atoms with Crippen LogP contribution in [0.25, 0.3) is 10.9 Å². The molecule has 0 saturated carbocycles. The zero-order chi connectivity index (χ0) is 23.4. The van der Waals surface area contributed by atoms with E-state index >= 15 is 0 Å². The minimum Gasteiger partial charge on any atom is -0.465 e. The molecular formula is C30H29NO3. The number of allylic oxidation sites excluding steroid dienone is 4. The fourth-order valence-corrected chi connectivity index (χ4v) is 5.89. The van der Waals surface area contributed by atoms with Crippen LogP contribution in [-0.4, -0.2) is 16.1 Å². The molecule has 2 aliphatic carbocycles. The number of carbonyl (C=O) groups is 2. The summed E-state index contributed by atoms with van der Waals surface area (Å²) in [6.45, 7) is 4.99. The number of hydrogen-bond donors (Lipinski definition) is 0. The number of ether oxygens (including phenoxy) is 1. The summed E-state index contributed by atoms with van der Waals surface area (Å²) in [7, 11) is 0. The van der Waals surface area contributed by atoms with Crippen LogP contribution >= 0.6 is 0 Å². The molecule has 0 amide bonds. The van der Waals surface area contributed by atoms with Gasteiger partial charge in [0, 0.05) is 53.6 Å². The predicted octanol–water partition coefficient (Wildman–Crippen LogP) is 6.45. The van der Waals surface area contributed by atoms with Gasteiger partial charge in [0.15, 0.2) is 11.6 Å². The highest BCUT2D eigenvalue weighted by Gasteiger charge is 2.47. The average Bonchev–Trinajstić information content (AvgIpc) is 3.19. The van der Waals surface area contributed by atoms with Crippen molar-refractivity contribution >= 4 is 22.5 Å². The molecule has 4 nitrogen and oxygen atoms in total. The van der Waals surface area contributed by atoms with E-state index in [-0.39, 0.29) is 22.9 Å². The summed E-state index contributed by atoms with van der Waals surface area (Å²) in [6.07, 6.45) is 3.31. The van der Waals surface area contributed by atoms with Gasteiger partial charge in [0.2, 0.25) is 0 Å². The lowest BCUT2D eigenvalue weighted by molar-refractivity contribution is -0.118. The lowest BCUT2D eigenvalue weighted by Crippen LogP contribution is -2.36. The number of aromatic nitrogens is 1. The first-order valence-electron chi connectivity index (χ1n) is 12.3. The van der Waals surface area contributed by atoms with E-state index in [1.807, 2.05) is 30.3 Å². The van der Waals surface area contributed by atoms with Crippen molar-refractivity contribution in [1.82, 2.24) is 4.57 Å². The summed E-state index contributed by atoms with van der Waals surface area (Å²) in [6, 6.07) is 20.9. The highest BCUT2D eigenvalue weighted by molar-refractivity contribution is 6.06. The van der Waals surface area contributed by atoms with Gasteiger partial charge in [-0.25, -0.2) is 0 Å². The molecule has 172 valence electrons. The second-order valence-electron chi connectivity index (χ2n) is 10.4. The van der Waals surface area contributed by atoms with E-state index in [0.29, 0.717) is 30.5 Å².